The molecule has 0 amide bonds. The van der Waals surface area contributed by atoms with Gasteiger partial charge in [0.15, 0.2) is 14.1 Å². The van der Waals surface area contributed by atoms with Gasteiger partial charge in [0, 0.05) is 29.6 Å². The van der Waals surface area contributed by atoms with E-state index < -0.39 is 14.1 Å². The second-order valence-corrected chi connectivity index (χ2v) is 15.9. The highest BCUT2D eigenvalue weighted by molar-refractivity contribution is 6.74. The molecule has 0 radical (unpaired) electrons. The summed E-state index contributed by atoms with van der Waals surface area (Å²) in [6, 6.07) is 2.24. The van der Waals surface area contributed by atoms with E-state index in [1.807, 2.05) is 6.92 Å². The molecule has 1 aromatic rings. The van der Waals surface area contributed by atoms with Gasteiger partial charge in [-0.05, 0) is 37.9 Å². The van der Waals surface area contributed by atoms with Gasteiger partial charge in [-0.25, -0.2) is 0 Å². The number of hydrogen-bond donors (Lipinski definition) is 1. The van der Waals surface area contributed by atoms with Crippen molar-refractivity contribution in [3.63, 3.8) is 0 Å². The van der Waals surface area contributed by atoms with Crippen molar-refractivity contribution in [1.29, 1.82) is 5.26 Å². The predicted octanol–water partition coefficient (Wildman–Crippen LogP) is 5.51. The van der Waals surface area contributed by atoms with Crippen LogP contribution < -0.4 is 0 Å². The number of ether oxygens (including phenoxy) is 2. The average Bonchev–Trinajstić information content (AvgIpc) is 3.03. The largest absolute Gasteiger partial charge is 0.468 e. The molecule has 1 saturated heterocycles. The van der Waals surface area contributed by atoms with E-state index in [4.69, 9.17) is 18.3 Å². The minimum absolute atomic E-state index is 0.0132. The number of aliphatic hydroxyl groups is 1. The molecule has 2 heterocycles. The van der Waals surface area contributed by atoms with Crippen molar-refractivity contribution in [3.8, 4) is 6.07 Å². The maximum Gasteiger partial charge on any atom is 0.192 e. The fourth-order valence-electron chi connectivity index (χ4n) is 3.42. The average molecular weight is 452 g/mol. The molecule has 1 fully saturated rings. The molecule has 31 heavy (non-hydrogen) atoms. The quantitative estimate of drug-likeness (QED) is 0.498. The number of nitriles is 1. The third kappa shape index (κ3) is 6.66. The molecule has 2 rings (SSSR count). The van der Waals surface area contributed by atoms with Gasteiger partial charge in [-0.2, -0.15) is 5.26 Å². The molecule has 1 atom stereocenters. The predicted molar refractivity (Wildman–Crippen MR) is 123 cm³/mol. The maximum absolute atomic E-state index is 9.74. The maximum atomic E-state index is 9.74. The van der Waals surface area contributed by atoms with Crippen LogP contribution in [0, 0.1) is 16.7 Å². The molecular formula is C24H41NO5Si. The highest BCUT2D eigenvalue weighted by atomic mass is 28.4. The lowest BCUT2D eigenvalue weighted by Gasteiger charge is -2.41. The molecule has 1 aliphatic heterocycles. The third-order valence-corrected chi connectivity index (χ3v) is 11.0. The standard InChI is InChI=1S/C24H41NO5Si/c1-22(2,3)31(7,8)30-20(11-13-26)19-15-27-21(18(19)10-9-12-25)14-24(6)28-16-23(4,5)17-29-24/h15,20,26H,9-11,13-14,16-17H2,1-8H3/t20-/m0/s1. The highest BCUT2D eigenvalue weighted by Gasteiger charge is 2.41. The first kappa shape index (κ1) is 26.1. The molecule has 0 spiro atoms. The van der Waals surface area contributed by atoms with Crippen LogP contribution in [0.15, 0.2) is 10.7 Å². The Morgan fingerprint density at radius 2 is 1.84 bits per heavy atom. The molecule has 0 bridgehead atoms. The van der Waals surface area contributed by atoms with Gasteiger partial charge in [0.1, 0.15) is 5.76 Å². The van der Waals surface area contributed by atoms with Gasteiger partial charge in [0.25, 0.3) is 0 Å². The monoisotopic (exact) mass is 451 g/mol. The second kappa shape index (κ2) is 9.76. The summed E-state index contributed by atoms with van der Waals surface area (Å²) in [6.07, 6.45) is 3.39. The van der Waals surface area contributed by atoms with E-state index >= 15 is 0 Å². The van der Waals surface area contributed by atoms with Crippen molar-refractivity contribution in [2.45, 2.75) is 97.2 Å². The van der Waals surface area contributed by atoms with Crippen molar-refractivity contribution in [2.24, 2.45) is 5.41 Å². The van der Waals surface area contributed by atoms with Gasteiger partial charge in [0.05, 0.1) is 38.1 Å². The van der Waals surface area contributed by atoms with Gasteiger partial charge in [-0.3, -0.25) is 0 Å². The van der Waals surface area contributed by atoms with Crippen molar-refractivity contribution >= 4 is 8.32 Å². The van der Waals surface area contributed by atoms with E-state index in [1.54, 1.807) is 6.26 Å². The normalized spacial score (nSPS) is 19.7. The fourth-order valence-corrected chi connectivity index (χ4v) is 4.73. The van der Waals surface area contributed by atoms with Crippen molar-refractivity contribution < 1.29 is 23.4 Å². The van der Waals surface area contributed by atoms with Crippen LogP contribution in [0.2, 0.25) is 18.1 Å². The Balaban J connectivity index is 2.34. The Hall–Kier alpha value is -1.17. The molecule has 0 saturated carbocycles. The first-order valence-electron chi connectivity index (χ1n) is 11.3. The Morgan fingerprint density at radius 3 is 2.35 bits per heavy atom. The number of furan rings is 1. The SMILES string of the molecule is CC1(C)COC(C)(Cc2occ([C@H](CCO)O[Si](C)(C)C(C)(C)C)c2CCC#N)OC1. The number of rotatable bonds is 9. The van der Waals surface area contributed by atoms with Crippen molar-refractivity contribution in [2.75, 3.05) is 19.8 Å². The van der Waals surface area contributed by atoms with E-state index in [9.17, 15) is 10.4 Å². The number of hydrogen-bond acceptors (Lipinski definition) is 6. The summed E-state index contributed by atoms with van der Waals surface area (Å²) in [5.74, 6) is 0.00735. The molecule has 1 N–H and O–H groups in total. The minimum Gasteiger partial charge on any atom is -0.468 e. The second-order valence-electron chi connectivity index (χ2n) is 11.2. The third-order valence-electron chi connectivity index (χ3n) is 6.50. The smallest absolute Gasteiger partial charge is 0.192 e. The summed E-state index contributed by atoms with van der Waals surface area (Å²) >= 11 is 0. The van der Waals surface area contributed by atoms with Crippen molar-refractivity contribution in [3.05, 3.63) is 23.2 Å². The van der Waals surface area contributed by atoms with E-state index in [2.05, 4.69) is 53.8 Å². The Kier molecular flexibility index (Phi) is 8.21. The topological polar surface area (TPSA) is 84.9 Å². The van der Waals surface area contributed by atoms with E-state index in [0.717, 1.165) is 16.9 Å². The van der Waals surface area contributed by atoms with Gasteiger partial charge >= 0.3 is 0 Å². The fraction of sp³-hybridized carbons (Fsp3) is 0.792. The van der Waals surface area contributed by atoms with Crippen molar-refractivity contribution in [1.82, 2.24) is 0 Å². The number of nitrogens with zero attached hydrogens (tertiary/aromatic N) is 1. The Bertz CT molecular complexity index is 762. The molecule has 176 valence electrons. The summed E-state index contributed by atoms with van der Waals surface area (Å²) in [4.78, 5) is 0. The number of aliphatic hydroxyl groups excluding tert-OH is 1. The summed E-state index contributed by atoms with van der Waals surface area (Å²) < 4.78 is 24.9. The first-order valence-corrected chi connectivity index (χ1v) is 14.2. The van der Waals surface area contributed by atoms with E-state index in [-0.39, 0.29) is 23.2 Å². The minimum atomic E-state index is -2.07. The zero-order valence-electron chi connectivity index (χ0n) is 20.6. The molecule has 1 aromatic heterocycles. The highest BCUT2D eigenvalue weighted by Crippen LogP contribution is 2.42. The zero-order chi connectivity index (χ0) is 23.5. The lowest BCUT2D eigenvalue weighted by Crippen LogP contribution is -2.47. The van der Waals surface area contributed by atoms with Crippen LogP contribution in [0.3, 0.4) is 0 Å². The van der Waals surface area contributed by atoms with Crippen LogP contribution in [-0.2, 0) is 26.7 Å². The zero-order valence-corrected chi connectivity index (χ0v) is 21.6. The van der Waals surface area contributed by atoms with Gasteiger partial charge < -0.3 is 23.4 Å². The summed E-state index contributed by atoms with van der Waals surface area (Å²) in [5.41, 5.74) is 1.90. The lowest BCUT2D eigenvalue weighted by atomic mass is 9.93. The molecule has 6 nitrogen and oxygen atoms in total. The molecule has 0 unspecified atom stereocenters. The summed E-state index contributed by atoms with van der Waals surface area (Å²) in [7, 11) is -2.07. The molecule has 0 aliphatic carbocycles. The lowest BCUT2D eigenvalue weighted by molar-refractivity contribution is -0.289. The van der Waals surface area contributed by atoms with Crippen LogP contribution in [0.25, 0.3) is 0 Å². The van der Waals surface area contributed by atoms with Crippen LogP contribution in [0.5, 0.6) is 0 Å². The van der Waals surface area contributed by atoms with E-state index in [1.165, 1.54) is 0 Å². The molecule has 0 aromatic carbocycles. The molecule has 7 heteroatoms. The summed E-state index contributed by atoms with van der Waals surface area (Å²) in [6.45, 7) is 18.5. The van der Waals surface area contributed by atoms with E-state index in [0.29, 0.717) is 38.9 Å². The van der Waals surface area contributed by atoms with Crippen LogP contribution >= 0.6 is 0 Å². The first-order chi connectivity index (χ1) is 14.2. The Labute approximate surface area is 189 Å². The molecular weight excluding hydrogens is 410 g/mol. The van der Waals surface area contributed by atoms with Crippen LogP contribution in [0.4, 0.5) is 0 Å². The van der Waals surface area contributed by atoms with Crippen LogP contribution in [0.1, 0.15) is 77.4 Å². The molecule has 1 aliphatic rings. The Morgan fingerprint density at radius 1 is 1.23 bits per heavy atom. The van der Waals surface area contributed by atoms with Gasteiger partial charge in [0.2, 0.25) is 0 Å². The van der Waals surface area contributed by atoms with Gasteiger partial charge in [-0.15, -0.1) is 0 Å². The summed E-state index contributed by atoms with van der Waals surface area (Å²) in [5, 5.41) is 19.0. The van der Waals surface area contributed by atoms with Gasteiger partial charge in [-0.1, -0.05) is 34.6 Å². The van der Waals surface area contributed by atoms with Crippen LogP contribution in [-0.4, -0.2) is 39.0 Å².